The Kier molecular flexibility index (Phi) is 3.69. The van der Waals surface area contributed by atoms with E-state index in [1.807, 2.05) is 4.90 Å². The molecule has 0 aromatic carbocycles. The predicted octanol–water partition coefficient (Wildman–Crippen LogP) is 1.27. The number of nitrogens with one attached hydrogen (secondary N) is 1. The van der Waals surface area contributed by atoms with E-state index >= 15 is 0 Å². The standard InChI is InChI=1S/C12H23N3O/c1-3-10(2)14-6-8-15(9-7-14)12(16)13-11-4-5-11/h10-11H,3-9H2,1-2H3,(H,13,16). The Morgan fingerprint density at radius 1 is 1.31 bits per heavy atom. The van der Waals surface area contributed by atoms with Gasteiger partial charge in [0.05, 0.1) is 0 Å². The van der Waals surface area contributed by atoms with Crippen LogP contribution in [0.15, 0.2) is 0 Å². The van der Waals surface area contributed by atoms with Gasteiger partial charge in [-0.15, -0.1) is 0 Å². The van der Waals surface area contributed by atoms with Gasteiger partial charge in [-0.05, 0) is 26.2 Å². The van der Waals surface area contributed by atoms with E-state index in [4.69, 9.17) is 0 Å². The van der Waals surface area contributed by atoms with Crippen LogP contribution in [-0.2, 0) is 0 Å². The third-order valence-electron chi connectivity index (χ3n) is 3.72. The van der Waals surface area contributed by atoms with Crippen LogP contribution in [0.5, 0.6) is 0 Å². The number of nitrogens with zero attached hydrogens (tertiary/aromatic N) is 2. The number of carbonyl (C=O) groups is 1. The molecule has 1 atom stereocenters. The summed E-state index contributed by atoms with van der Waals surface area (Å²) in [6, 6.07) is 1.26. The highest BCUT2D eigenvalue weighted by Gasteiger charge is 2.28. The van der Waals surface area contributed by atoms with Crippen molar-refractivity contribution in [2.45, 2.75) is 45.2 Å². The summed E-state index contributed by atoms with van der Waals surface area (Å²) in [6.07, 6.45) is 3.52. The number of rotatable bonds is 3. The molecule has 1 unspecified atom stereocenters. The summed E-state index contributed by atoms with van der Waals surface area (Å²) in [5.74, 6) is 0. The second-order valence-electron chi connectivity index (χ2n) is 5.00. The Hall–Kier alpha value is -0.770. The monoisotopic (exact) mass is 225 g/mol. The molecule has 1 aliphatic heterocycles. The maximum absolute atomic E-state index is 11.8. The zero-order chi connectivity index (χ0) is 11.5. The molecule has 2 rings (SSSR count). The maximum Gasteiger partial charge on any atom is 0.317 e. The van der Waals surface area contributed by atoms with E-state index < -0.39 is 0 Å². The van der Waals surface area contributed by atoms with Gasteiger partial charge >= 0.3 is 6.03 Å². The first-order valence-electron chi connectivity index (χ1n) is 6.50. The summed E-state index contributed by atoms with van der Waals surface area (Å²) in [6.45, 7) is 8.28. The molecule has 92 valence electrons. The highest BCUT2D eigenvalue weighted by atomic mass is 16.2. The van der Waals surface area contributed by atoms with Crippen LogP contribution in [-0.4, -0.2) is 54.1 Å². The molecular formula is C12H23N3O. The van der Waals surface area contributed by atoms with Gasteiger partial charge in [-0.3, -0.25) is 4.90 Å². The minimum absolute atomic E-state index is 0.145. The van der Waals surface area contributed by atoms with E-state index in [1.165, 1.54) is 19.3 Å². The predicted molar refractivity (Wildman–Crippen MR) is 64.5 cm³/mol. The van der Waals surface area contributed by atoms with Crippen molar-refractivity contribution in [3.63, 3.8) is 0 Å². The van der Waals surface area contributed by atoms with Gasteiger partial charge < -0.3 is 10.2 Å². The lowest BCUT2D eigenvalue weighted by Gasteiger charge is -2.37. The van der Waals surface area contributed by atoms with Crippen molar-refractivity contribution < 1.29 is 4.79 Å². The molecule has 1 aliphatic carbocycles. The average molecular weight is 225 g/mol. The summed E-state index contributed by atoms with van der Waals surface area (Å²) in [7, 11) is 0. The molecule has 0 aromatic rings. The fraction of sp³-hybridized carbons (Fsp3) is 0.917. The molecule has 1 saturated heterocycles. The summed E-state index contributed by atoms with van der Waals surface area (Å²) in [5, 5.41) is 3.05. The van der Waals surface area contributed by atoms with Gasteiger partial charge in [-0.1, -0.05) is 6.92 Å². The third-order valence-corrected chi connectivity index (χ3v) is 3.72. The molecule has 4 nitrogen and oxygen atoms in total. The van der Waals surface area contributed by atoms with Gasteiger partial charge in [0.2, 0.25) is 0 Å². The van der Waals surface area contributed by atoms with Crippen molar-refractivity contribution in [3.8, 4) is 0 Å². The second-order valence-corrected chi connectivity index (χ2v) is 5.00. The number of hydrogen-bond acceptors (Lipinski definition) is 2. The van der Waals surface area contributed by atoms with Crippen molar-refractivity contribution in [2.24, 2.45) is 0 Å². The van der Waals surface area contributed by atoms with Crippen LogP contribution >= 0.6 is 0 Å². The Bertz CT molecular complexity index is 245. The molecule has 0 spiro atoms. The number of amides is 2. The molecule has 0 aromatic heterocycles. The van der Waals surface area contributed by atoms with Gasteiger partial charge in [0.15, 0.2) is 0 Å². The van der Waals surface area contributed by atoms with Crippen molar-refractivity contribution in [1.29, 1.82) is 0 Å². The van der Waals surface area contributed by atoms with Crippen LogP contribution in [0.25, 0.3) is 0 Å². The van der Waals surface area contributed by atoms with Crippen LogP contribution in [0, 0.1) is 0 Å². The van der Waals surface area contributed by atoms with E-state index in [-0.39, 0.29) is 6.03 Å². The topological polar surface area (TPSA) is 35.6 Å². The lowest BCUT2D eigenvalue weighted by Crippen LogP contribution is -2.53. The fourth-order valence-corrected chi connectivity index (χ4v) is 2.12. The highest BCUT2D eigenvalue weighted by Crippen LogP contribution is 2.19. The first kappa shape index (κ1) is 11.7. The third kappa shape index (κ3) is 2.88. The Balaban J connectivity index is 1.73. The maximum atomic E-state index is 11.8. The molecule has 2 fully saturated rings. The molecule has 0 radical (unpaired) electrons. The van der Waals surface area contributed by atoms with Crippen molar-refractivity contribution in [1.82, 2.24) is 15.1 Å². The van der Waals surface area contributed by atoms with Crippen molar-refractivity contribution in [3.05, 3.63) is 0 Å². The van der Waals surface area contributed by atoms with Crippen molar-refractivity contribution in [2.75, 3.05) is 26.2 Å². The molecule has 2 aliphatic rings. The van der Waals surface area contributed by atoms with Crippen LogP contribution in [0.2, 0.25) is 0 Å². The van der Waals surface area contributed by atoms with Gasteiger partial charge in [0.1, 0.15) is 0 Å². The van der Waals surface area contributed by atoms with Gasteiger partial charge in [-0.2, -0.15) is 0 Å². The molecule has 1 heterocycles. The fourth-order valence-electron chi connectivity index (χ4n) is 2.12. The van der Waals surface area contributed by atoms with Gasteiger partial charge in [0.25, 0.3) is 0 Å². The summed E-state index contributed by atoms with van der Waals surface area (Å²) >= 11 is 0. The molecule has 0 bridgehead atoms. The summed E-state index contributed by atoms with van der Waals surface area (Å²) in [5.41, 5.74) is 0. The number of piperazine rings is 1. The van der Waals surface area contributed by atoms with E-state index in [9.17, 15) is 4.79 Å². The van der Waals surface area contributed by atoms with Gasteiger partial charge in [0, 0.05) is 38.3 Å². The van der Waals surface area contributed by atoms with E-state index in [0.717, 1.165) is 26.2 Å². The quantitative estimate of drug-likeness (QED) is 0.785. The molecular weight excluding hydrogens is 202 g/mol. The highest BCUT2D eigenvalue weighted by molar-refractivity contribution is 5.75. The van der Waals surface area contributed by atoms with E-state index in [1.54, 1.807) is 0 Å². The zero-order valence-corrected chi connectivity index (χ0v) is 10.4. The number of carbonyl (C=O) groups excluding carboxylic acids is 1. The smallest absolute Gasteiger partial charge is 0.317 e. The molecule has 1 saturated carbocycles. The lowest BCUT2D eigenvalue weighted by atomic mass is 10.2. The average Bonchev–Trinajstić information content (AvgIpc) is 3.12. The molecule has 1 N–H and O–H groups in total. The van der Waals surface area contributed by atoms with Crippen LogP contribution < -0.4 is 5.32 Å². The summed E-state index contributed by atoms with van der Waals surface area (Å²) < 4.78 is 0. The Labute approximate surface area is 98.0 Å². The van der Waals surface area contributed by atoms with Crippen LogP contribution in [0.3, 0.4) is 0 Å². The summed E-state index contributed by atoms with van der Waals surface area (Å²) in [4.78, 5) is 16.2. The Morgan fingerprint density at radius 3 is 2.44 bits per heavy atom. The number of urea groups is 1. The first-order valence-corrected chi connectivity index (χ1v) is 6.50. The zero-order valence-electron chi connectivity index (χ0n) is 10.4. The van der Waals surface area contributed by atoms with Crippen LogP contribution in [0.1, 0.15) is 33.1 Å². The SMILES string of the molecule is CCC(C)N1CCN(C(=O)NC2CC2)CC1. The van der Waals surface area contributed by atoms with E-state index in [0.29, 0.717) is 12.1 Å². The molecule has 4 heteroatoms. The minimum Gasteiger partial charge on any atom is -0.335 e. The largest absolute Gasteiger partial charge is 0.335 e. The van der Waals surface area contributed by atoms with Crippen LogP contribution in [0.4, 0.5) is 4.79 Å². The molecule has 16 heavy (non-hydrogen) atoms. The lowest BCUT2D eigenvalue weighted by molar-refractivity contribution is 0.112. The minimum atomic E-state index is 0.145. The van der Waals surface area contributed by atoms with Crippen molar-refractivity contribution >= 4 is 6.03 Å². The number of hydrogen-bond donors (Lipinski definition) is 1. The second kappa shape index (κ2) is 5.04. The Morgan fingerprint density at radius 2 is 1.94 bits per heavy atom. The molecule has 2 amide bonds. The van der Waals surface area contributed by atoms with Gasteiger partial charge in [-0.25, -0.2) is 4.79 Å². The van der Waals surface area contributed by atoms with E-state index in [2.05, 4.69) is 24.1 Å². The first-order chi connectivity index (χ1) is 7.70. The normalized spacial score (nSPS) is 24.2.